The van der Waals surface area contributed by atoms with Crippen molar-refractivity contribution in [2.24, 2.45) is 5.73 Å². The number of nitrogens with two attached hydrogens (primary N) is 1. The maximum atomic E-state index is 10.6. The molecule has 52 valence electrons. The number of rotatable bonds is 1. The molecule has 0 aromatic heterocycles. The molecule has 1 heterocycles. The molecule has 0 bridgehead atoms. The first-order valence-corrected chi connectivity index (χ1v) is 2.88. The van der Waals surface area contributed by atoms with Gasteiger partial charge in [0.1, 0.15) is 6.61 Å². The highest BCUT2D eigenvalue weighted by molar-refractivity contribution is 5.78. The average molecular weight is 130 g/mol. The van der Waals surface area contributed by atoms with Crippen molar-refractivity contribution in [3.8, 4) is 0 Å². The molecule has 1 rings (SSSR count). The molecular weight excluding hydrogens is 120 g/mol. The van der Waals surface area contributed by atoms with Crippen LogP contribution in [0.5, 0.6) is 0 Å². The SMILES string of the molecule is NC1CN(C(=O)CO)C1. The number of nitrogens with zero attached hydrogens (tertiary/aromatic N) is 1. The van der Waals surface area contributed by atoms with Crippen LogP contribution in [0.3, 0.4) is 0 Å². The molecule has 1 saturated heterocycles. The molecule has 1 aliphatic rings. The van der Waals surface area contributed by atoms with Crippen LogP contribution < -0.4 is 5.73 Å². The van der Waals surface area contributed by atoms with Crippen LogP contribution in [0, 0.1) is 0 Å². The van der Waals surface area contributed by atoms with Gasteiger partial charge >= 0.3 is 0 Å². The zero-order valence-corrected chi connectivity index (χ0v) is 5.08. The van der Waals surface area contributed by atoms with Gasteiger partial charge in [-0.1, -0.05) is 0 Å². The number of carbonyl (C=O) groups excluding carboxylic acids is 1. The second-order valence-corrected chi connectivity index (χ2v) is 2.22. The summed E-state index contributed by atoms with van der Waals surface area (Å²) in [6.07, 6.45) is 0. The fourth-order valence-corrected chi connectivity index (χ4v) is 0.816. The highest BCUT2D eigenvalue weighted by Crippen LogP contribution is 2.03. The van der Waals surface area contributed by atoms with Crippen molar-refractivity contribution < 1.29 is 9.90 Å². The minimum absolute atomic E-state index is 0.125. The molecule has 0 unspecified atom stereocenters. The zero-order chi connectivity index (χ0) is 6.85. The summed E-state index contributed by atoms with van der Waals surface area (Å²) in [5.41, 5.74) is 5.39. The van der Waals surface area contributed by atoms with Gasteiger partial charge in [0.2, 0.25) is 5.91 Å². The normalized spacial score (nSPS) is 19.6. The lowest BCUT2D eigenvalue weighted by molar-refractivity contribution is -0.138. The van der Waals surface area contributed by atoms with E-state index >= 15 is 0 Å². The largest absolute Gasteiger partial charge is 0.387 e. The van der Waals surface area contributed by atoms with Crippen molar-refractivity contribution in [1.29, 1.82) is 0 Å². The van der Waals surface area contributed by atoms with Crippen LogP contribution in [0.2, 0.25) is 0 Å². The van der Waals surface area contributed by atoms with Crippen LogP contribution in [0.15, 0.2) is 0 Å². The molecule has 3 N–H and O–H groups in total. The quantitative estimate of drug-likeness (QED) is 0.438. The highest BCUT2D eigenvalue weighted by atomic mass is 16.3. The molecule has 0 saturated carbocycles. The van der Waals surface area contributed by atoms with E-state index in [4.69, 9.17) is 10.8 Å². The van der Waals surface area contributed by atoms with E-state index in [-0.39, 0.29) is 11.9 Å². The number of hydrogen-bond donors (Lipinski definition) is 2. The van der Waals surface area contributed by atoms with Crippen LogP contribution in [0.25, 0.3) is 0 Å². The topological polar surface area (TPSA) is 66.6 Å². The van der Waals surface area contributed by atoms with E-state index < -0.39 is 6.61 Å². The van der Waals surface area contributed by atoms with Crippen LogP contribution in [0.4, 0.5) is 0 Å². The van der Waals surface area contributed by atoms with E-state index in [0.29, 0.717) is 13.1 Å². The minimum Gasteiger partial charge on any atom is -0.387 e. The van der Waals surface area contributed by atoms with Gasteiger partial charge in [-0.3, -0.25) is 4.79 Å². The Kier molecular flexibility index (Phi) is 1.68. The molecule has 9 heavy (non-hydrogen) atoms. The molecule has 0 aromatic carbocycles. The summed E-state index contributed by atoms with van der Waals surface area (Å²) in [6, 6.07) is 0.125. The number of aliphatic hydroxyl groups excluding tert-OH is 1. The Morgan fingerprint density at radius 2 is 2.33 bits per heavy atom. The second-order valence-electron chi connectivity index (χ2n) is 2.22. The molecule has 4 heteroatoms. The van der Waals surface area contributed by atoms with Gasteiger partial charge in [-0.2, -0.15) is 0 Å². The summed E-state index contributed by atoms with van der Waals surface area (Å²) in [6.45, 7) is 0.797. The number of carbonyl (C=O) groups is 1. The van der Waals surface area contributed by atoms with Crippen LogP contribution in [-0.2, 0) is 4.79 Å². The summed E-state index contributed by atoms with van der Waals surface area (Å²) < 4.78 is 0. The molecule has 0 aromatic rings. The smallest absolute Gasteiger partial charge is 0.248 e. The fraction of sp³-hybridized carbons (Fsp3) is 0.800. The Hall–Kier alpha value is -0.610. The standard InChI is InChI=1S/C5H10N2O2/c6-4-1-7(2-4)5(9)3-8/h4,8H,1-3,6H2. The van der Waals surface area contributed by atoms with E-state index in [2.05, 4.69) is 0 Å². The molecular formula is C5H10N2O2. The predicted octanol–water partition coefficient (Wildman–Crippen LogP) is -1.85. The molecule has 1 fully saturated rings. The molecule has 1 aliphatic heterocycles. The van der Waals surface area contributed by atoms with Crippen molar-refractivity contribution in [2.45, 2.75) is 6.04 Å². The number of aliphatic hydroxyl groups is 1. The average Bonchev–Trinajstić information content (AvgIpc) is 1.79. The molecule has 4 nitrogen and oxygen atoms in total. The van der Waals surface area contributed by atoms with Gasteiger partial charge < -0.3 is 15.7 Å². The van der Waals surface area contributed by atoms with E-state index in [1.165, 1.54) is 4.90 Å². The summed E-state index contributed by atoms with van der Waals surface area (Å²) >= 11 is 0. The highest BCUT2D eigenvalue weighted by Gasteiger charge is 2.26. The van der Waals surface area contributed by atoms with Crippen molar-refractivity contribution >= 4 is 5.91 Å². The van der Waals surface area contributed by atoms with Gasteiger partial charge in [-0.25, -0.2) is 0 Å². The monoisotopic (exact) mass is 130 g/mol. The van der Waals surface area contributed by atoms with Crippen LogP contribution in [-0.4, -0.2) is 41.7 Å². The van der Waals surface area contributed by atoms with Gasteiger partial charge in [0.15, 0.2) is 0 Å². The summed E-state index contributed by atoms with van der Waals surface area (Å²) in [4.78, 5) is 12.1. The molecule has 0 radical (unpaired) electrons. The Balaban J connectivity index is 2.23. The van der Waals surface area contributed by atoms with E-state index in [9.17, 15) is 4.79 Å². The van der Waals surface area contributed by atoms with E-state index in [1.54, 1.807) is 0 Å². The molecule has 0 spiro atoms. The molecule has 0 atom stereocenters. The third-order valence-corrected chi connectivity index (χ3v) is 1.40. The Bertz CT molecular complexity index is 120. The predicted molar refractivity (Wildman–Crippen MR) is 31.6 cm³/mol. The van der Waals surface area contributed by atoms with Gasteiger partial charge in [-0.15, -0.1) is 0 Å². The van der Waals surface area contributed by atoms with Crippen molar-refractivity contribution in [3.63, 3.8) is 0 Å². The molecule has 1 amide bonds. The zero-order valence-electron chi connectivity index (χ0n) is 5.08. The first kappa shape index (κ1) is 6.51. The third kappa shape index (κ3) is 1.20. The summed E-state index contributed by atoms with van der Waals surface area (Å²) in [5, 5.41) is 8.32. The van der Waals surface area contributed by atoms with Gasteiger partial charge in [0.05, 0.1) is 0 Å². The Labute approximate surface area is 53.2 Å². The summed E-state index contributed by atoms with van der Waals surface area (Å²) in [5.74, 6) is -0.225. The fourth-order valence-electron chi connectivity index (χ4n) is 0.816. The third-order valence-electron chi connectivity index (χ3n) is 1.40. The number of amides is 1. The van der Waals surface area contributed by atoms with Crippen molar-refractivity contribution in [2.75, 3.05) is 19.7 Å². The number of likely N-dealkylation sites (tertiary alicyclic amines) is 1. The van der Waals surface area contributed by atoms with Gasteiger partial charge in [0.25, 0.3) is 0 Å². The van der Waals surface area contributed by atoms with Gasteiger partial charge in [0, 0.05) is 19.1 Å². The Morgan fingerprint density at radius 1 is 1.78 bits per heavy atom. The lowest BCUT2D eigenvalue weighted by Crippen LogP contribution is -2.58. The van der Waals surface area contributed by atoms with Crippen LogP contribution in [0.1, 0.15) is 0 Å². The molecule has 0 aliphatic carbocycles. The van der Waals surface area contributed by atoms with Crippen molar-refractivity contribution in [3.05, 3.63) is 0 Å². The lowest BCUT2D eigenvalue weighted by Gasteiger charge is -2.36. The van der Waals surface area contributed by atoms with Crippen molar-refractivity contribution in [1.82, 2.24) is 4.90 Å². The minimum atomic E-state index is -0.396. The van der Waals surface area contributed by atoms with Crippen LogP contribution >= 0.6 is 0 Å². The second kappa shape index (κ2) is 2.33. The first-order valence-electron chi connectivity index (χ1n) is 2.88. The number of hydrogen-bond acceptors (Lipinski definition) is 3. The maximum Gasteiger partial charge on any atom is 0.248 e. The first-order chi connectivity index (χ1) is 4.24. The maximum absolute atomic E-state index is 10.6. The van der Waals surface area contributed by atoms with E-state index in [0.717, 1.165) is 0 Å². The van der Waals surface area contributed by atoms with E-state index in [1.807, 2.05) is 0 Å². The summed E-state index contributed by atoms with van der Waals surface area (Å²) in [7, 11) is 0. The van der Waals surface area contributed by atoms with Gasteiger partial charge in [-0.05, 0) is 0 Å². The Morgan fingerprint density at radius 3 is 2.67 bits per heavy atom. The lowest BCUT2D eigenvalue weighted by atomic mass is 10.1.